The van der Waals surface area contributed by atoms with Crippen LogP contribution in [0.4, 0.5) is 9.52 Å². The standard InChI is InChI=1S/C30H40FN5OS/c1-4-6-7-8-10-25(9-5-2)12-11-24(3)29(37)32-17-18-35-19-21-36(22-20-35)30-33-28(34-38-30)23-26-13-15-27(31)16-14-26/h2,11-16H,4,6-10,17-23H2,1,3H3,(H,32,37)/b24-11+,25-12+. The first-order valence-corrected chi connectivity index (χ1v) is 14.4. The Balaban J connectivity index is 1.37. The fourth-order valence-corrected chi connectivity index (χ4v) is 5.06. The Kier molecular flexibility index (Phi) is 12.5. The Morgan fingerprint density at radius 3 is 2.63 bits per heavy atom. The molecule has 0 spiro atoms. The monoisotopic (exact) mass is 537 g/mol. The highest BCUT2D eigenvalue weighted by atomic mass is 32.1. The SMILES string of the molecule is C#CC/C(=C\C=C(/C)C(=O)NCCN1CCN(c2nc(Cc3ccc(F)cc3)ns2)CC1)CCCCCC. The van der Waals surface area contributed by atoms with E-state index in [0.29, 0.717) is 25.0 Å². The smallest absolute Gasteiger partial charge is 0.246 e. The van der Waals surface area contributed by atoms with Gasteiger partial charge in [-0.05, 0) is 37.5 Å². The van der Waals surface area contributed by atoms with Gasteiger partial charge in [0.2, 0.25) is 11.0 Å². The molecule has 3 rings (SSSR count). The summed E-state index contributed by atoms with van der Waals surface area (Å²) in [5, 5.41) is 3.97. The summed E-state index contributed by atoms with van der Waals surface area (Å²) in [6.07, 6.45) is 16.5. The molecule has 0 unspecified atom stereocenters. The molecule has 204 valence electrons. The van der Waals surface area contributed by atoms with Gasteiger partial charge in [-0.3, -0.25) is 9.69 Å². The summed E-state index contributed by atoms with van der Waals surface area (Å²) in [6, 6.07) is 6.47. The first-order valence-electron chi connectivity index (χ1n) is 13.6. The molecular formula is C30H40FN5OS. The molecule has 1 amide bonds. The van der Waals surface area contributed by atoms with E-state index in [1.165, 1.54) is 48.5 Å². The molecule has 0 bridgehead atoms. The molecule has 38 heavy (non-hydrogen) atoms. The van der Waals surface area contributed by atoms with Crippen LogP contribution >= 0.6 is 11.5 Å². The predicted octanol–water partition coefficient (Wildman–Crippen LogP) is 5.37. The summed E-state index contributed by atoms with van der Waals surface area (Å²) in [5.74, 6) is 3.23. The number of allylic oxidation sites excluding steroid dienone is 3. The number of amides is 1. The minimum atomic E-state index is -0.236. The topological polar surface area (TPSA) is 61.4 Å². The Hall–Kier alpha value is -3.02. The number of carbonyl (C=O) groups is 1. The first-order chi connectivity index (χ1) is 18.5. The molecule has 1 saturated heterocycles. The number of rotatable bonds is 14. The van der Waals surface area contributed by atoms with Crippen LogP contribution in [0.25, 0.3) is 0 Å². The van der Waals surface area contributed by atoms with E-state index >= 15 is 0 Å². The van der Waals surface area contributed by atoms with E-state index in [-0.39, 0.29) is 11.7 Å². The number of halogens is 1. The van der Waals surface area contributed by atoms with E-state index < -0.39 is 0 Å². The van der Waals surface area contributed by atoms with Crippen LogP contribution in [0.15, 0.2) is 47.6 Å². The zero-order valence-corrected chi connectivity index (χ0v) is 23.5. The van der Waals surface area contributed by atoms with Crippen molar-refractivity contribution in [2.45, 2.75) is 58.8 Å². The molecule has 0 saturated carbocycles. The lowest BCUT2D eigenvalue weighted by atomic mass is 10.0. The van der Waals surface area contributed by atoms with E-state index in [0.717, 1.165) is 62.1 Å². The van der Waals surface area contributed by atoms with Gasteiger partial charge in [0.05, 0.1) is 0 Å². The Labute approximate surface area is 231 Å². The van der Waals surface area contributed by atoms with E-state index in [2.05, 4.69) is 37.3 Å². The number of hydrogen-bond acceptors (Lipinski definition) is 6. The molecule has 6 nitrogen and oxygen atoms in total. The van der Waals surface area contributed by atoms with Crippen LogP contribution in [-0.4, -0.2) is 59.4 Å². The van der Waals surface area contributed by atoms with Gasteiger partial charge in [-0.15, -0.1) is 12.3 Å². The highest BCUT2D eigenvalue weighted by Gasteiger charge is 2.20. The number of anilines is 1. The van der Waals surface area contributed by atoms with Crippen molar-refractivity contribution in [1.29, 1.82) is 0 Å². The minimum Gasteiger partial charge on any atom is -0.351 e. The molecule has 1 aromatic carbocycles. The summed E-state index contributed by atoms with van der Waals surface area (Å²) < 4.78 is 17.6. The van der Waals surface area contributed by atoms with Gasteiger partial charge in [-0.1, -0.05) is 56.0 Å². The molecule has 8 heteroatoms. The van der Waals surface area contributed by atoms with Gasteiger partial charge in [0.15, 0.2) is 0 Å². The second-order valence-electron chi connectivity index (χ2n) is 9.75. The molecule has 2 aromatic rings. The molecule has 0 radical (unpaired) electrons. The molecular weight excluding hydrogens is 497 g/mol. The summed E-state index contributed by atoms with van der Waals surface area (Å²) in [7, 11) is 0. The maximum atomic E-state index is 13.1. The minimum absolute atomic E-state index is 0.0338. The van der Waals surface area contributed by atoms with E-state index in [9.17, 15) is 9.18 Å². The van der Waals surface area contributed by atoms with Crippen molar-refractivity contribution in [2.75, 3.05) is 44.2 Å². The third-order valence-corrected chi connectivity index (χ3v) is 7.51. The summed E-state index contributed by atoms with van der Waals surface area (Å²) in [6.45, 7) is 9.05. The van der Waals surface area contributed by atoms with Crippen LogP contribution in [0.3, 0.4) is 0 Å². The van der Waals surface area contributed by atoms with Gasteiger partial charge in [-0.2, -0.15) is 4.37 Å². The van der Waals surface area contributed by atoms with Crippen molar-refractivity contribution in [3.05, 3.63) is 64.8 Å². The number of nitrogens with zero attached hydrogens (tertiary/aromatic N) is 4. The van der Waals surface area contributed by atoms with E-state index in [4.69, 9.17) is 6.42 Å². The second kappa shape index (κ2) is 16.1. The maximum absolute atomic E-state index is 13.1. The van der Waals surface area contributed by atoms with Gasteiger partial charge < -0.3 is 10.2 Å². The van der Waals surface area contributed by atoms with Gasteiger partial charge in [0, 0.05) is 69.2 Å². The van der Waals surface area contributed by atoms with Crippen LogP contribution in [0.1, 0.15) is 63.8 Å². The molecule has 1 aliphatic heterocycles. The van der Waals surface area contributed by atoms with Gasteiger partial charge in [0.1, 0.15) is 11.6 Å². The fourth-order valence-electron chi connectivity index (χ4n) is 4.32. The van der Waals surface area contributed by atoms with Gasteiger partial charge in [-0.25, -0.2) is 9.37 Å². The molecule has 0 atom stereocenters. The van der Waals surface area contributed by atoms with Crippen LogP contribution in [0.5, 0.6) is 0 Å². The number of carbonyl (C=O) groups excluding carboxylic acids is 1. The Morgan fingerprint density at radius 2 is 1.92 bits per heavy atom. The third kappa shape index (κ3) is 10.0. The van der Waals surface area contributed by atoms with Crippen LogP contribution in [0, 0.1) is 18.2 Å². The largest absolute Gasteiger partial charge is 0.351 e. The summed E-state index contributed by atoms with van der Waals surface area (Å²) >= 11 is 1.41. The number of unbranched alkanes of at least 4 members (excludes halogenated alkanes) is 3. The number of nitrogens with one attached hydrogen (secondary N) is 1. The van der Waals surface area contributed by atoms with Crippen molar-refractivity contribution in [2.24, 2.45) is 0 Å². The lowest BCUT2D eigenvalue weighted by Gasteiger charge is -2.34. The van der Waals surface area contributed by atoms with Crippen molar-refractivity contribution >= 4 is 22.6 Å². The molecule has 2 heterocycles. The van der Waals surface area contributed by atoms with Crippen molar-refractivity contribution in [1.82, 2.24) is 19.6 Å². The third-order valence-electron chi connectivity index (χ3n) is 6.70. The van der Waals surface area contributed by atoms with Crippen LogP contribution < -0.4 is 10.2 Å². The van der Waals surface area contributed by atoms with Crippen molar-refractivity contribution < 1.29 is 9.18 Å². The first kappa shape index (κ1) is 29.5. The number of piperazine rings is 1. The van der Waals surface area contributed by atoms with Crippen LogP contribution in [0.2, 0.25) is 0 Å². The lowest BCUT2D eigenvalue weighted by molar-refractivity contribution is -0.117. The predicted molar refractivity (Wildman–Crippen MR) is 155 cm³/mol. The number of terminal acetylenes is 1. The fraction of sp³-hybridized carbons (Fsp3) is 0.500. The lowest BCUT2D eigenvalue weighted by Crippen LogP contribution is -2.48. The quantitative estimate of drug-likeness (QED) is 0.152. The number of hydrogen-bond donors (Lipinski definition) is 1. The van der Waals surface area contributed by atoms with Crippen LogP contribution in [-0.2, 0) is 11.2 Å². The highest BCUT2D eigenvalue weighted by Crippen LogP contribution is 2.20. The molecule has 1 fully saturated rings. The normalized spacial score (nSPS) is 14.9. The van der Waals surface area contributed by atoms with E-state index in [1.807, 2.05) is 19.1 Å². The summed E-state index contributed by atoms with van der Waals surface area (Å²) in [4.78, 5) is 21.8. The average molecular weight is 538 g/mol. The molecule has 0 aliphatic carbocycles. The van der Waals surface area contributed by atoms with Crippen molar-refractivity contribution in [3.63, 3.8) is 0 Å². The second-order valence-corrected chi connectivity index (χ2v) is 10.5. The Morgan fingerprint density at radius 1 is 1.16 bits per heavy atom. The number of aromatic nitrogens is 2. The molecule has 1 aliphatic rings. The maximum Gasteiger partial charge on any atom is 0.246 e. The summed E-state index contributed by atoms with van der Waals surface area (Å²) in [5.41, 5.74) is 2.91. The zero-order valence-electron chi connectivity index (χ0n) is 22.7. The van der Waals surface area contributed by atoms with Gasteiger partial charge >= 0.3 is 0 Å². The zero-order chi connectivity index (χ0) is 27.2. The van der Waals surface area contributed by atoms with Gasteiger partial charge in [0.25, 0.3) is 0 Å². The Bertz CT molecular complexity index is 1110. The highest BCUT2D eigenvalue weighted by molar-refractivity contribution is 7.09. The van der Waals surface area contributed by atoms with Crippen molar-refractivity contribution in [3.8, 4) is 12.3 Å². The number of benzene rings is 1. The van der Waals surface area contributed by atoms with E-state index in [1.54, 1.807) is 12.1 Å². The molecule has 1 N–H and O–H groups in total. The average Bonchev–Trinajstić information content (AvgIpc) is 3.39. The molecule has 1 aromatic heterocycles.